The number of allylic oxidation sites excluding steroid dienone is 1. The van der Waals surface area contributed by atoms with E-state index in [1.807, 2.05) is 0 Å². The smallest absolute Gasteiger partial charge is 0.0305 e. The van der Waals surface area contributed by atoms with Gasteiger partial charge in [0, 0.05) is 6.04 Å². The molecule has 1 aliphatic rings. The van der Waals surface area contributed by atoms with E-state index in [0.29, 0.717) is 6.04 Å². The van der Waals surface area contributed by atoms with E-state index in [1.54, 1.807) is 5.57 Å². The highest BCUT2D eigenvalue weighted by molar-refractivity contribution is 5.13. The third-order valence-electron chi connectivity index (χ3n) is 4.05. The normalized spacial score (nSPS) is 21.2. The summed E-state index contributed by atoms with van der Waals surface area (Å²) in [4.78, 5) is 0. The molecule has 2 atom stereocenters. The number of hydrogen-bond donors (Lipinski definition) is 1. The van der Waals surface area contributed by atoms with Gasteiger partial charge in [-0.1, -0.05) is 51.7 Å². The lowest BCUT2D eigenvalue weighted by Crippen LogP contribution is -2.37. The first-order chi connectivity index (χ1) is 8.29. The fourth-order valence-corrected chi connectivity index (χ4v) is 2.73. The summed E-state index contributed by atoms with van der Waals surface area (Å²) in [6, 6.07) is 0.637. The van der Waals surface area contributed by atoms with Crippen molar-refractivity contribution in [3.63, 3.8) is 0 Å². The maximum atomic E-state index is 3.77. The Morgan fingerprint density at radius 2 is 1.94 bits per heavy atom. The van der Waals surface area contributed by atoms with Gasteiger partial charge in [-0.05, 0) is 44.6 Å². The van der Waals surface area contributed by atoms with E-state index < -0.39 is 0 Å². The molecule has 1 rings (SSSR count). The summed E-state index contributed by atoms with van der Waals surface area (Å²) in [5, 5.41) is 3.77. The first-order valence-electron chi connectivity index (χ1n) is 7.71. The van der Waals surface area contributed by atoms with E-state index >= 15 is 0 Å². The van der Waals surface area contributed by atoms with E-state index in [2.05, 4.69) is 32.2 Å². The summed E-state index contributed by atoms with van der Waals surface area (Å²) in [5.74, 6) is 0.771. The topological polar surface area (TPSA) is 12.0 Å². The summed E-state index contributed by atoms with van der Waals surface area (Å²) in [6.45, 7) is 8.13. The zero-order chi connectivity index (χ0) is 12.5. The fourth-order valence-electron chi connectivity index (χ4n) is 2.73. The second-order valence-corrected chi connectivity index (χ2v) is 5.55. The van der Waals surface area contributed by atoms with E-state index in [-0.39, 0.29) is 0 Å². The molecule has 0 bridgehead atoms. The van der Waals surface area contributed by atoms with Crippen LogP contribution in [-0.4, -0.2) is 12.6 Å². The molecule has 0 aromatic heterocycles. The maximum absolute atomic E-state index is 3.77. The average molecular weight is 237 g/mol. The molecule has 1 aliphatic carbocycles. The van der Waals surface area contributed by atoms with E-state index in [0.717, 1.165) is 12.5 Å². The molecular weight excluding hydrogens is 206 g/mol. The number of rotatable bonds is 6. The Labute approximate surface area is 108 Å². The predicted molar refractivity (Wildman–Crippen MR) is 77.3 cm³/mol. The van der Waals surface area contributed by atoms with Gasteiger partial charge in [-0.15, -0.1) is 0 Å². The second kappa shape index (κ2) is 8.74. The van der Waals surface area contributed by atoms with Crippen LogP contribution >= 0.6 is 0 Å². The highest BCUT2D eigenvalue weighted by Gasteiger charge is 2.19. The molecule has 1 N–H and O–H groups in total. The van der Waals surface area contributed by atoms with Crippen LogP contribution in [0.2, 0.25) is 0 Å². The summed E-state index contributed by atoms with van der Waals surface area (Å²) in [6.07, 6.45) is 13.3. The standard InChI is InChI=1S/C16H31N/c1-4-13-17-16(14(3)5-2)15-11-9-7-6-8-10-12-15/h11,14,16-17H,4-10,12-13H2,1-3H3. The van der Waals surface area contributed by atoms with Crippen LogP contribution in [0, 0.1) is 5.92 Å². The lowest BCUT2D eigenvalue weighted by Gasteiger charge is -2.28. The highest BCUT2D eigenvalue weighted by Crippen LogP contribution is 2.24. The predicted octanol–water partition coefficient (Wildman–Crippen LogP) is 4.68. The molecule has 0 amide bonds. The molecule has 17 heavy (non-hydrogen) atoms. The third kappa shape index (κ3) is 5.25. The highest BCUT2D eigenvalue weighted by atomic mass is 14.9. The van der Waals surface area contributed by atoms with E-state index in [4.69, 9.17) is 0 Å². The van der Waals surface area contributed by atoms with E-state index in [1.165, 1.54) is 51.4 Å². The van der Waals surface area contributed by atoms with Crippen LogP contribution < -0.4 is 5.32 Å². The Kier molecular flexibility index (Phi) is 7.59. The van der Waals surface area contributed by atoms with Gasteiger partial charge in [0.15, 0.2) is 0 Å². The van der Waals surface area contributed by atoms with Gasteiger partial charge >= 0.3 is 0 Å². The third-order valence-corrected chi connectivity index (χ3v) is 4.05. The second-order valence-electron chi connectivity index (χ2n) is 5.55. The molecule has 0 aliphatic heterocycles. The first kappa shape index (κ1) is 14.8. The van der Waals surface area contributed by atoms with Gasteiger partial charge in [-0.2, -0.15) is 0 Å². The van der Waals surface area contributed by atoms with Gasteiger partial charge < -0.3 is 5.32 Å². The Balaban J connectivity index is 2.64. The van der Waals surface area contributed by atoms with Crippen molar-refractivity contribution in [3.05, 3.63) is 11.6 Å². The van der Waals surface area contributed by atoms with Crippen molar-refractivity contribution in [2.24, 2.45) is 5.92 Å². The molecule has 0 aromatic rings. The largest absolute Gasteiger partial charge is 0.310 e. The molecule has 1 heteroatoms. The monoisotopic (exact) mass is 237 g/mol. The minimum absolute atomic E-state index is 0.637. The van der Waals surface area contributed by atoms with Crippen LogP contribution in [0.4, 0.5) is 0 Å². The first-order valence-corrected chi connectivity index (χ1v) is 7.71. The minimum atomic E-state index is 0.637. The van der Waals surface area contributed by atoms with Crippen molar-refractivity contribution >= 4 is 0 Å². The molecule has 100 valence electrons. The zero-order valence-corrected chi connectivity index (χ0v) is 12.1. The molecule has 0 spiro atoms. The van der Waals surface area contributed by atoms with Gasteiger partial charge in [-0.3, -0.25) is 0 Å². The number of nitrogens with one attached hydrogen (secondary N) is 1. The summed E-state index contributed by atoms with van der Waals surface area (Å²) < 4.78 is 0. The quantitative estimate of drug-likeness (QED) is 0.661. The Hall–Kier alpha value is -0.300. The molecule has 0 radical (unpaired) electrons. The van der Waals surface area contributed by atoms with Crippen molar-refractivity contribution < 1.29 is 0 Å². The minimum Gasteiger partial charge on any atom is -0.310 e. The van der Waals surface area contributed by atoms with Crippen LogP contribution in [0.3, 0.4) is 0 Å². The molecule has 1 nitrogen and oxygen atoms in total. The number of hydrogen-bond acceptors (Lipinski definition) is 1. The summed E-state index contributed by atoms with van der Waals surface area (Å²) in [7, 11) is 0. The molecule has 0 heterocycles. The van der Waals surface area contributed by atoms with Crippen LogP contribution in [0.15, 0.2) is 11.6 Å². The Morgan fingerprint density at radius 1 is 1.18 bits per heavy atom. The van der Waals surface area contributed by atoms with Gasteiger partial charge in [0.2, 0.25) is 0 Å². The van der Waals surface area contributed by atoms with Crippen molar-refractivity contribution in [2.45, 2.75) is 78.2 Å². The average Bonchev–Trinajstić information content (AvgIpc) is 2.30. The van der Waals surface area contributed by atoms with Gasteiger partial charge in [0.05, 0.1) is 0 Å². The summed E-state index contributed by atoms with van der Waals surface area (Å²) >= 11 is 0. The van der Waals surface area contributed by atoms with E-state index in [9.17, 15) is 0 Å². The van der Waals surface area contributed by atoms with Crippen LogP contribution in [0.1, 0.15) is 72.1 Å². The van der Waals surface area contributed by atoms with Crippen molar-refractivity contribution in [2.75, 3.05) is 6.54 Å². The molecule has 2 unspecified atom stereocenters. The Morgan fingerprint density at radius 3 is 2.65 bits per heavy atom. The molecule has 0 saturated carbocycles. The van der Waals surface area contributed by atoms with Crippen LogP contribution in [-0.2, 0) is 0 Å². The van der Waals surface area contributed by atoms with Crippen molar-refractivity contribution in [1.29, 1.82) is 0 Å². The van der Waals surface area contributed by atoms with Gasteiger partial charge in [0.25, 0.3) is 0 Å². The molecule has 0 aromatic carbocycles. The Bertz CT molecular complexity index is 220. The van der Waals surface area contributed by atoms with Crippen molar-refractivity contribution in [1.82, 2.24) is 5.32 Å². The maximum Gasteiger partial charge on any atom is 0.0305 e. The van der Waals surface area contributed by atoms with Crippen LogP contribution in [0.25, 0.3) is 0 Å². The molecule has 0 fully saturated rings. The lowest BCUT2D eigenvalue weighted by atomic mass is 9.87. The lowest BCUT2D eigenvalue weighted by molar-refractivity contribution is 0.394. The summed E-state index contributed by atoms with van der Waals surface area (Å²) in [5.41, 5.74) is 1.70. The zero-order valence-electron chi connectivity index (χ0n) is 12.1. The SMILES string of the molecule is CCCNC(C1=CCCCCCC1)C(C)CC. The van der Waals surface area contributed by atoms with Gasteiger partial charge in [0.1, 0.15) is 0 Å². The van der Waals surface area contributed by atoms with Gasteiger partial charge in [-0.25, -0.2) is 0 Å². The van der Waals surface area contributed by atoms with Crippen molar-refractivity contribution in [3.8, 4) is 0 Å². The van der Waals surface area contributed by atoms with Crippen LogP contribution in [0.5, 0.6) is 0 Å². The fraction of sp³-hybridized carbons (Fsp3) is 0.875. The molecule has 0 saturated heterocycles. The molecular formula is C16H31N.